The number of carbonyl (C=O) groups excluding carboxylic acids is 1. The summed E-state index contributed by atoms with van der Waals surface area (Å²) in [6.07, 6.45) is 0. The number of hydrogen-bond donors (Lipinski definition) is 2. The molecule has 0 aliphatic rings. The Labute approximate surface area is 94.2 Å². The zero-order valence-electron chi connectivity index (χ0n) is 9.87. The fraction of sp³-hybridized carbons (Fsp3) is 0.500. The Kier molecular flexibility index (Phi) is 3.44. The van der Waals surface area contributed by atoms with E-state index in [9.17, 15) is 4.79 Å². The van der Waals surface area contributed by atoms with Gasteiger partial charge in [-0.2, -0.15) is 4.98 Å². The van der Waals surface area contributed by atoms with Gasteiger partial charge in [0.05, 0.1) is 12.6 Å². The first-order chi connectivity index (χ1) is 7.32. The maximum absolute atomic E-state index is 11.6. The number of aromatic nitrogens is 2. The molecule has 3 N–H and O–H groups in total. The Morgan fingerprint density at radius 3 is 2.62 bits per heavy atom. The van der Waals surface area contributed by atoms with E-state index in [-0.39, 0.29) is 11.9 Å². The average molecular weight is 224 g/mol. The Balaban J connectivity index is 2.89. The van der Waals surface area contributed by atoms with Crippen LogP contribution in [0.5, 0.6) is 5.88 Å². The first-order valence-corrected chi connectivity index (χ1v) is 4.83. The normalized spacial score (nSPS) is 11.1. The molecular weight excluding hydrogens is 208 g/mol. The Bertz CT molecular complexity index is 398. The molecule has 1 heterocycles. The van der Waals surface area contributed by atoms with Crippen molar-refractivity contribution in [1.29, 1.82) is 0 Å². The zero-order valence-corrected chi connectivity index (χ0v) is 9.87. The third-order valence-electron chi connectivity index (χ3n) is 1.85. The van der Waals surface area contributed by atoms with E-state index in [0.29, 0.717) is 11.6 Å². The second kappa shape index (κ2) is 4.44. The third-order valence-corrected chi connectivity index (χ3v) is 1.85. The van der Waals surface area contributed by atoms with Crippen LogP contribution in [0, 0.1) is 6.92 Å². The number of nitrogens with one attached hydrogen (secondary N) is 1. The van der Waals surface area contributed by atoms with Crippen molar-refractivity contribution in [1.82, 2.24) is 9.97 Å². The van der Waals surface area contributed by atoms with Crippen LogP contribution in [0.4, 0.5) is 5.95 Å². The van der Waals surface area contributed by atoms with Gasteiger partial charge in [0.15, 0.2) is 0 Å². The lowest BCUT2D eigenvalue weighted by Crippen LogP contribution is -2.45. The molecular formula is C10H16N4O2. The van der Waals surface area contributed by atoms with Crippen molar-refractivity contribution in [2.45, 2.75) is 26.3 Å². The van der Waals surface area contributed by atoms with Crippen molar-refractivity contribution >= 4 is 11.9 Å². The summed E-state index contributed by atoms with van der Waals surface area (Å²) < 4.78 is 4.97. The molecule has 0 atom stereocenters. The summed E-state index contributed by atoms with van der Waals surface area (Å²) in [6, 6.07) is 1.67. The summed E-state index contributed by atoms with van der Waals surface area (Å²) in [5.41, 5.74) is 5.37. The highest BCUT2D eigenvalue weighted by atomic mass is 16.5. The predicted molar refractivity (Wildman–Crippen MR) is 60.2 cm³/mol. The lowest BCUT2D eigenvalue weighted by atomic mass is 10.1. The molecule has 0 saturated carbocycles. The van der Waals surface area contributed by atoms with Crippen LogP contribution in [0.1, 0.15) is 19.5 Å². The first-order valence-electron chi connectivity index (χ1n) is 4.83. The molecule has 1 aromatic heterocycles. The van der Waals surface area contributed by atoms with Crippen LogP contribution in [-0.4, -0.2) is 28.5 Å². The standard InChI is InChI=1S/C10H16N4O2/c1-6-5-7(16-4)13-9(12-6)14-8(15)10(2,3)11/h5H,11H2,1-4H3,(H,12,13,14,15). The van der Waals surface area contributed by atoms with E-state index in [1.165, 1.54) is 7.11 Å². The van der Waals surface area contributed by atoms with Gasteiger partial charge < -0.3 is 10.5 Å². The van der Waals surface area contributed by atoms with Crippen LogP contribution >= 0.6 is 0 Å². The highest BCUT2D eigenvalue weighted by Crippen LogP contribution is 2.12. The molecule has 0 spiro atoms. The average Bonchev–Trinajstić information content (AvgIpc) is 2.15. The van der Waals surface area contributed by atoms with Crippen molar-refractivity contribution in [3.05, 3.63) is 11.8 Å². The van der Waals surface area contributed by atoms with E-state index in [1.807, 2.05) is 0 Å². The van der Waals surface area contributed by atoms with Gasteiger partial charge in [0.25, 0.3) is 0 Å². The molecule has 16 heavy (non-hydrogen) atoms. The maximum atomic E-state index is 11.6. The van der Waals surface area contributed by atoms with Gasteiger partial charge in [0.2, 0.25) is 17.7 Å². The smallest absolute Gasteiger partial charge is 0.246 e. The third kappa shape index (κ3) is 3.16. The second-order valence-electron chi connectivity index (χ2n) is 4.05. The lowest BCUT2D eigenvalue weighted by Gasteiger charge is -2.17. The quantitative estimate of drug-likeness (QED) is 0.778. The van der Waals surface area contributed by atoms with Crippen molar-refractivity contribution in [2.75, 3.05) is 12.4 Å². The van der Waals surface area contributed by atoms with Gasteiger partial charge >= 0.3 is 0 Å². The minimum atomic E-state index is -0.972. The summed E-state index contributed by atoms with van der Waals surface area (Å²) in [5.74, 6) is 0.248. The van der Waals surface area contributed by atoms with Crippen LogP contribution in [0.25, 0.3) is 0 Å². The number of anilines is 1. The number of aryl methyl sites for hydroxylation is 1. The molecule has 0 aromatic carbocycles. The lowest BCUT2D eigenvalue weighted by molar-refractivity contribution is -0.120. The Morgan fingerprint density at radius 2 is 2.12 bits per heavy atom. The van der Waals surface area contributed by atoms with Crippen molar-refractivity contribution in [3.8, 4) is 5.88 Å². The van der Waals surface area contributed by atoms with Gasteiger partial charge in [-0.3, -0.25) is 10.1 Å². The molecule has 0 radical (unpaired) electrons. The van der Waals surface area contributed by atoms with Crippen LogP contribution in [-0.2, 0) is 4.79 Å². The molecule has 88 valence electrons. The number of carbonyl (C=O) groups is 1. The zero-order chi connectivity index (χ0) is 12.3. The second-order valence-corrected chi connectivity index (χ2v) is 4.05. The molecule has 6 heteroatoms. The van der Waals surface area contributed by atoms with Crippen LogP contribution in [0.3, 0.4) is 0 Å². The SMILES string of the molecule is COc1cc(C)nc(NC(=O)C(C)(C)N)n1. The fourth-order valence-corrected chi connectivity index (χ4v) is 0.963. The highest BCUT2D eigenvalue weighted by molar-refractivity contribution is 5.95. The van der Waals surface area contributed by atoms with Gasteiger partial charge in [-0.1, -0.05) is 0 Å². The minimum Gasteiger partial charge on any atom is -0.481 e. The molecule has 1 amide bonds. The predicted octanol–water partition coefficient (Wildman–Crippen LogP) is 0.469. The van der Waals surface area contributed by atoms with Crippen LogP contribution in [0.2, 0.25) is 0 Å². The molecule has 0 unspecified atom stereocenters. The number of ether oxygens (including phenoxy) is 1. The summed E-state index contributed by atoms with van der Waals surface area (Å²) in [4.78, 5) is 19.6. The molecule has 0 bridgehead atoms. The number of methoxy groups -OCH3 is 1. The van der Waals surface area contributed by atoms with Crippen molar-refractivity contribution < 1.29 is 9.53 Å². The van der Waals surface area contributed by atoms with E-state index in [4.69, 9.17) is 10.5 Å². The van der Waals surface area contributed by atoms with Gasteiger partial charge in [-0.25, -0.2) is 4.98 Å². The van der Waals surface area contributed by atoms with E-state index >= 15 is 0 Å². The maximum Gasteiger partial charge on any atom is 0.246 e. The van der Waals surface area contributed by atoms with Crippen molar-refractivity contribution in [3.63, 3.8) is 0 Å². The topological polar surface area (TPSA) is 90.1 Å². The molecule has 0 saturated heterocycles. The van der Waals surface area contributed by atoms with E-state index < -0.39 is 5.54 Å². The van der Waals surface area contributed by atoms with Crippen LogP contribution < -0.4 is 15.8 Å². The minimum absolute atomic E-state index is 0.195. The van der Waals surface area contributed by atoms with Gasteiger partial charge in [0.1, 0.15) is 0 Å². The molecule has 1 aromatic rings. The highest BCUT2D eigenvalue weighted by Gasteiger charge is 2.22. The van der Waals surface area contributed by atoms with Gasteiger partial charge in [0, 0.05) is 11.8 Å². The largest absolute Gasteiger partial charge is 0.481 e. The molecule has 0 aliphatic carbocycles. The molecule has 6 nitrogen and oxygen atoms in total. The molecule has 0 aliphatic heterocycles. The summed E-state index contributed by atoms with van der Waals surface area (Å²) in [6.45, 7) is 5.00. The summed E-state index contributed by atoms with van der Waals surface area (Å²) in [5, 5.41) is 2.53. The van der Waals surface area contributed by atoms with E-state index in [1.54, 1.807) is 26.8 Å². The summed E-state index contributed by atoms with van der Waals surface area (Å²) in [7, 11) is 1.50. The monoisotopic (exact) mass is 224 g/mol. The number of nitrogens with zero attached hydrogens (tertiary/aromatic N) is 2. The number of nitrogens with two attached hydrogens (primary N) is 1. The fourth-order valence-electron chi connectivity index (χ4n) is 0.963. The van der Waals surface area contributed by atoms with Gasteiger partial charge in [-0.15, -0.1) is 0 Å². The van der Waals surface area contributed by atoms with E-state index in [2.05, 4.69) is 15.3 Å². The molecule has 1 rings (SSSR count). The summed E-state index contributed by atoms with van der Waals surface area (Å²) >= 11 is 0. The number of hydrogen-bond acceptors (Lipinski definition) is 5. The first kappa shape index (κ1) is 12.4. The Hall–Kier alpha value is -1.69. The van der Waals surface area contributed by atoms with Crippen LogP contribution in [0.15, 0.2) is 6.07 Å². The van der Waals surface area contributed by atoms with E-state index in [0.717, 1.165) is 0 Å². The number of amides is 1. The Morgan fingerprint density at radius 1 is 1.50 bits per heavy atom. The molecule has 0 fully saturated rings. The number of rotatable bonds is 3. The van der Waals surface area contributed by atoms with Crippen molar-refractivity contribution in [2.24, 2.45) is 5.73 Å². The van der Waals surface area contributed by atoms with Gasteiger partial charge in [-0.05, 0) is 20.8 Å².